The van der Waals surface area contributed by atoms with Crippen molar-refractivity contribution in [3.63, 3.8) is 0 Å². The average Bonchev–Trinajstić information content (AvgIpc) is 3.03. The zero-order chi connectivity index (χ0) is 22.0. The first-order chi connectivity index (χ1) is 13.4. The molecule has 0 saturated carbocycles. The fraction of sp³-hybridized carbons (Fsp3) is 0.619. The number of hydrogen-bond acceptors (Lipinski definition) is 6. The number of methoxy groups -OCH3 is 2. The third-order valence-corrected chi connectivity index (χ3v) is 4.82. The molecule has 0 radical (unpaired) electrons. The second-order valence-electron chi connectivity index (χ2n) is 8.82. The van der Waals surface area contributed by atoms with Crippen LogP contribution in [0.25, 0.3) is 0 Å². The fourth-order valence-corrected chi connectivity index (χ4v) is 3.55. The van der Waals surface area contributed by atoms with Gasteiger partial charge in [0.25, 0.3) is 0 Å². The minimum absolute atomic E-state index is 0.133. The van der Waals surface area contributed by atoms with E-state index in [0.717, 1.165) is 10.6 Å². The number of hydrogen-bond donors (Lipinski definition) is 1. The van der Waals surface area contributed by atoms with Gasteiger partial charge in [-0.15, -0.1) is 0 Å². The third-order valence-electron chi connectivity index (χ3n) is 4.82. The maximum Gasteiger partial charge on any atom is 0.434 e. The summed E-state index contributed by atoms with van der Waals surface area (Å²) in [6.45, 7) is 9.37. The van der Waals surface area contributed by atoms with E-state index in [0.29, 0.717) is 17.9 Å². The Balaban J connectivity index is 2.23. The van der Waals surface area contributed by atoms with Crippen LogP contribution in [-0.2, 0) is 19.8 Å². The highest BCUT2D eigenvalue weighted by atomic mass is 16.7. The zero-order valence-electron chi connectivity index (χ0n) is 18.1. The van der Waals surface area contributed by atoms with Crippen molar-refractivity contribution in [2.24, 2.45) is 5.92 Å². The van der Waals surface area contributed by atoms with E-state index in [1.54, 1.807) is 41.1 Å². The standard InChI is InChI=1S/C21H31NO7/c1-20(2,3)28-19(25)22-12-13(17(29-22)18(23)24)11-21(4,5)15-9-8-14(26-6)10-16(15)27-7/h8-10,13,17H,11-12H2,1-7H3,(H,23,24). The van der Waals surface area contributed by atoms with Gasteiger partial charge in [0.05, 0.1) is 20.8 Å². The Morgan fingerprint density at radius 2 is 1.83 bits per heavy atom. The van der Waals surface area contributed by atoms with Crippen molar-refractivity contribution in [1.29, 1.82) is 0 Å². The van der Waals surface area contributed by atoms with Crippen molar-refractivity contribution in [1.82, 2.24) is 5.06 Å². The minimum Gasteiger partial charge on any atom is -0.497 e. The molecule has 29 heavy (non-hydrogen) atoms. The summed E-state index contributed by atoms with van der Waals surface area (Å²) < 4.78 is 16.1. The molecule has 8 nitrogen and oxygen atoms in total. The third kappa shape index (κ3) is 5.53. The zero-order valence-corrected chi connectivity index (χ0v) is 18.1. The summed E-state index contributed by atoms with van der Waals surface area (Å²) in [5, 5.41) is 10.6. The Labute approximate surface area is 171 Å². The lowest BCUT2D eigenvalue weighted by Gasteiger charge is -2.30. The summed E-state index contributed by atoms with van der Waals surface area (Å²) in [7, 11) is 3.16. The highest BCUT2D eigenvalue weighted by Crippen LogP contribution is 2.41. The second-order valence-corrected chi connectivity index (χ2v) is 8.82. The van der Waals surface area contributed by atoms with Crippen molar-refractivity contribution >= 4 is 12.1 Å². The highest BCUT2D eigenvalue weighted by molar-refractivity contribution is 5.74. The van der Waals surface area contributed by atoms with E-state index in [1.165, 1.54) is 0 Å². The molecule has 2 rings (SSSR count). The number of hydroxylamine groups is 2. The number of nitrogens with zero attached hydrogens (tertiary/aromatic N) is 1. The molecule has 0 aliphatic carbocycles. The second kappa shape index (κ2) is 8.49. The normalized spacial score (nSPS) is 19.8. The summed E-state index contributed by atoms with van der Waals surface area (Å²) >= 11 is 0. The summed E-state index contributed by atoms with van der Waals surface area (Å²) in [4.78, 5) is 29.5. The monoisotopic (exact) mass is 409 g/mol. The van der Waals surface area contributed by atoms with Crippen LogP contribution in [0.15, 0.2) is 18.2 Å². The van der Waals surface area contributed by atoms with Crippen molar-refractivity contribution in [3.8, 4) is 11.5 Å². The van der Waals surface area contributed by atoms with E-state index in [-0.39, 0.29) is 6.54 Å². The van der Waals surface area contributed by atoms with E-state index in [4.69, 9.17) is 19.0 Å². The van der Waals surface area contributed by atoms with Crippen LogP contribution in [0.4, 0.5) is 4.79 Å². The Kier molecular flexibility index (Phi) is 6.67. The van der Waals surface area contributed by atoms with Gasteiger partial charge in [0.15, 0.2) is 6.10 Å². The molecular weight excluding hydrogens is 378 g/mol. The number of carboxylic acid groups (broad SMARTS) is 1. The van der Waals surface area contributed by atoms with Gasteiger partial charge in [-0.2, -0.15) is 5.06 Å². The molecule has 0 bridgehead atoms. The van der Waals surface area contributed by atoms with Crippen molar-refractivity contribution in [2.75, 3.05) is 20.8 Å². The Bertz CT molecular complexity index is 754. The van der Waals surface area contributed by atoms with E-state index >= 15 is 0 Å². The topological polar surface area (TPSA) is 94.5 Å². The smallest absolute Gasteiger partial charge is 0.434 e. The molecule has 1 fully saturated rings. The molecule has 2 unspecified atom stereocenters. The van der Waals surface area contributed by atoms with Crippen molar-refractivity contribution < 1.29 is 33.7 Å². The Hall–Kier alpha value is -2.48. The lowest BCUT2D eigenvalue weighted by Crippen LogP contribution is -2.35. The van der Waals surface area contributed by atoms with Gasteiger partial charge in [0, 0.05) is 17.5 Å². The molecular formula is C21H31NO7. The largest absolute Gasteiger partial charge is 0.497 e. The number of ether oxygens (including phenoxy) is 3. The molecule has 8 heteroatoms. The van der Waals surface area contributed by atoms with Gasteiger partial charge >= 0.3 is 12.1 Å². The van der Waals surface area contributed by atoms with Gasteiger partial charge in [-0.05, 0) is 38.7 Å². The number of rotatable bonds is 6. The van der Waals surface area contributed by atoms with Gasteiger partial charge in [0.2, 0.25) is 0 Å². The summed E-state index contributed by atoms with van der Waals surface area (Å²) in [6, 6.07) is 5.55. The Morgan fingerprint density at radius 3 is 2.34 bits per heavy atom. The van der Waals surface area contributed by atoms with Gasteiger partial charge < -0.3 is 19.3 Å². The molecule has 2 atom stereocenters. The summed E-state index contributed by atoms with van der Waals surface area (Å²) in [5.74, 6) is -0.199. The van der Waals surface area contributed by atoms with E-state index < -0.39 is 35.1 Å². The predicted octanol–water partition coefficient (Wildman–Crippen LogP) is 3.62. The maximum absolute atomic E-state index is 12.3. The summed E-state index contributed by atoms with van der Waals surface area (Å²) in [6.07, 6.45) is -1.36. The van der Waals surface area contributed by atoms with Crippen LogP contribution in [0.1, 0.15) is 46.6 Å². The van der Waals surface area contributed by atoms with E-state index in [1.807, 2.05) is 26.0 Å². The Morgan fingerprint density at radius 1 is 1.17 bits per heavy atom. The van der Waals surface area contributed by atoms with Crippen molar-refractivity contribution in [3.05, 3.63) is 23.8 Å². The first-order valence-electron chi connectivity index (χ1n) is 9.50. The van der Waals surface area contributed by atoms with Crippen LogP contribution < -0.4 is 9.47 Å². The van der Waals surface area contributed by atoms with Gasteiger partial charge in [-0.1, -0.05) is 19.9 Å². The average molecular weight is 409 g/mol. The number of benzene rings is 1. The molecule has 162 valence electrons. The van der Waals surface area contributed by atoms with E-state index in [9.17, 15) is 14.7 Å². The predicted molar refractivity (Wildman–Crippen MR) is 106 cm³/mol. The first-order valence-corrected chi connectivity index (χ1v) is 9.50. The molecule has 1 amide bonds. The molecule has 0 aromatic heterocycles. The van der Waals surface area contributed by atoms with Crippen LogP contribution in [0.3, 0.4) is 0 Å². The number of amides is 1. The molecule has 1 heterocycles. The molecule has 1 aliphatic rings. The van der Waals surface area contributed by atoms with Crippen molar-refractivity contribution in [2.45, 2.75) is 58.2 Å². The number of carboxylic acids is 1. The molecule has 1 aromatic rings. The molecule has 1 saturated heterocycles. The molecule has 1 N–H and O–H groups in total. The van der Waals surface area contributed by atoms with Gasteiger partial charge in [-0.25, -0.2) is 9.59 Å². The summed E-state index contributed by atoms with van der Waals surface area (Å²) in [5.41, 5.74) is -0.225. The quantitative estimate of drug-likeness (QED) is 0.767. The highest BCUT2D eigenvalue weighted by Gasteiger charge is 2.45. The van der Waals surface area contributed by atoms with Crippen LogP contribution in [0.5, 0.6) is 11.5 Å². The van der Waals surface area contributed by atoms with Crippen LogP contribution in [-0.4, -0.2) is 54.7 Å². The molecule has 1 aliphatic heterocycles. The molecule has 1 aromatic carbocycles. The van der Waals surface area contributed by atoms with Gasteiger partial charge in [-0.3, -0.25) is 4.84 Å². The van der Waals surface area contributed by atoms with Crippen LogP contribution in [0.2, 0.25) is 0 Å². The minimum atomic E-state index is -1.13. The first kappa shape index (κ1) is 22.8. The SMILES string of the molecule is COc1ccc(C(C)(C)CC2CN(C(=O)OC(C)(C)C)OC2C(=O)O)c(OC)c1. The lowest BCUT2D eigenvalue weighted by atomic mass is 9.75. The number of aliphatic carboxylic acids is 1. The number of carbonyl (C=O) groups is 2. The maximum atomic E-state index is 12.3. The number of carbonyl (C=O) groups excluding carboxylic acids is 1. The van der Waals surface area contributed by atoms with Gasteiger partial charge in [0.1, 0.15) is 17.1 Å². The van der Waals surface area contributed by atoms with Crippen LogP contribution in [0, 0.1) is 5.92 Å². The van der Waals surface area contributed by atoms with Crippen LogP contribution >= 0.6 is 0 Å². The molecule has 0 spiro atoms. The van der Waals surface area contributed by atoms with E-state index in [2.05, 4.69) is 0 Å². The lowest BCUT2D eigenvalue weighted by molar-refractivity contribution is -0.173. The fourth-order valence-electron chi connectivity index (χ4n) is 3.55.